The predicted octanol–water partition coefficient (Wildman–Crippen LogP) is 0.547. The third kappa shape index (κ3) is 3.02. The number of aliphatic hydroxyl groups is 1. The predicted molar refractivity (Wildman–Crippen MR) is 108 cm³/mol. The van der Waals surface area contributed by atoms with Gasteiger partial charge in [0.1, 0.15) is 30.4 Å². The Morgan fingerprint density at radius 3 is 2.90 bits per heavy atom. The van der Waals surface area contributed by atoms with Crippen LogP contribution in [0.5, 0.6) is 0 Å². The lowest BCUT2D eigenvalue weighted by molar-refractivity contribution is -0.00433. The van der Waals surface area contributed by atoms with Gasteiger partial charge in [-0.2, -0.15) is 8.42 Å². The van der Waals surface area contributed by atoms with Gasteiger partial charge >= 0.3 is 10.3 Å². The van der Waals surface area contributed by atoms with Crippen LogP contribution in [-0.4, -0.2) is 50.9 Å². The molecule has 5 atom stereocenters. The van der Waals surface area contributed by atoms with Crippen LogP contribution < -0.4 is 10.5 Å². The second-order valence-electron chi connectivity index (χ2n) is 8.20. The molecule has 162 valence electrons. The van der Waals surface area contributed by atoms with Crippen LogP contribution in [-0.2, 0) is 25.6 Å². The number of imidazole rings is 1. The molecule has 2 aromatic heterocycles. The number of fused-ring (bicyclic) bond motifs is 3. The maximum Gasteiger partial charge on any atom is 0.333 e. The lowest BCUT2D eigenvalue weighted by atomic mass is 10.1. The average Bonchev–Trinajstić information content (AvgIpc) is 3.21. The molecule has 1 aromatic carbocycles. The van der Waals surface area contributed by atoms with E-state index in [-0.39, 0.29) is 12.5 Å². The molecule has 12 heteroatoms. The molecule has 1 unspecified atom stereocenters. The highest BCUT2D eigenvalue weighted by atomic mass is 32.2. The first-order chi connectivity index (χ1) is 14.8. The molecule has 3 aliphatic rings. The second-order valence-corrected chi connectivity index (χ2v) is 9.38. The molecule has 4 N–H and O–H groups in total. The number of aromatic nitrogens is 4. The normalized spacial score (nSPS) is 31.5. The zero-order valence-corrected chi connectivity index (χ0v) is 17.1. The fourth-order valence-corrected chi connectivity index (χ4v) is 5.32. The summed E-state index contributed by atoms with van der Waals surface area (Å²) in [6, 6.07) is 8.48. The molecule has 11 nitrogen and oxygen atoms in total. The minimum atomic E-state index is -4.17. The number of anilines is 1. The first-order valence-corrected chi connectivity index (χ1v) is 11.4. The van der Waals surface area contributed by atoms with Gasteiger partial charge in [0.15, 0.2) is 17.0 Å². The molecule has 1 aliphatic heterocycles. The molecular weight excluding hydrogens is 424 g/mol. The lowest BCUT2D eigenvalue weighted by Crippen LogP contribution is -2.26. The van der Waals surface area contributed by atoms with E-state index in [1.807, 2.05) is 12.1 Å². The molecule has 1 saturated heterocycles. The van der Waals surface area contributed by atoms with Crippen molar-refractivity contribution in [2.75, 3.05) is 5.32 Å². The molecule has 3 heterocycles. The lowest BCUT2D eigenvalue weighted by Gasteiger charge is -2.18. The van der Waals surface area contributed by atoms with Crippen LogP contribution in [0, 0.1) is 0 Å². The van der Waals surface area contributed by atoms with Gasteiger partial charge in [0, 0.05) is 6.42 Å². The molecule has 0 amide bonds. The van der Waals surface area contributed by atoms with Crippen molar-refractivity contribution in [3.8, 4) is 0 Å². The molecule has 0 radical (unpaired) electrons. The van der Waals surface area contributed by atoms with Crippen LogP contribution in [0.15, 0.2) is 36.9 Å². The molecule has 2 aliphatic carbocycles. The molecule has 0 spiro atoms. The fourth-order valence-electron chi connectivity index (χ4n) is 4.76. The largest absolute Gasteiger partial charge is 0.384 e. The van der Waals surface area contributed by atoms with Gasteiger partial charge in [-0.05, 0) is 24.0 Å². The summed E-state index contributed by atoms with van der Waals surface area (Å²) in [6.45, 7) is 0. The zero-order chi connectivity index (χ0) is 21.4. The zero-order valence-electron chi connectivity index (χ0n) is 16.2. The van der Waals surface area contributed by atoms with Crippen molar-refractivity contribution in [3.63, 3.8) is 0 Å². The van der Waals surface area contributed by atoms with Crippen LogP contribution >= 0.6 is 0 Å². The van der Waals surface area contributed by atoms with Gasteiger partial charge in [-0.15, -0.1) is 0 Å². The first-order valence-electron chi connectivity index (χ1n) is 9.94. The van der Waals surface area contributed by atoms with E-state index in [9.17, 15) is 13.5 Å². The number of nitrogens with one attached hydrogen (secondary N) is 1. The third-order valence-corrected chi connectivity index (χ3v) is 6.78. The Balaban J connectivity index is 1.24. The Labute approximate surface area is 177 Å². The van der Waals surface area contributed by atoms with Gasteiger partial charge in [0.2, 0.25) is 0 Å². The molecule has 0 bridgehead atoms. The Morgan fingerprint density at radius 2 is 2.13 bits per heavy atom. The maximum atomic E-state index is 11.1. The quantitative estimate of drug-likeness (QED) is 0.511. The van der Waals surface area contributed by atoms with Gasteiger partial charge in [0.25, 0.3) is 0 Å². The summed E-state index contributed by atoms with van der Waals surface area (Å²) >= 11 is 0. The van der Waals surface area contributed by atoms with Crippen molar-refractivity contribution in [3.05, 3.63) is 48.0 Å². The highest BCUT2D eigenvalue weighted by molar-refractivity contribution is 7.84. The Morgan fingerprint density at radius 1 is 1.29 bits per heavy atom. The van der Waals surface area contributed by atoms with Gasteiger partial charge < -0.3 is 15.2 Å². The Hall–Kier alpha value is -2.64. The number of hydrogen-bond donors (Lipinski definition) is 3. The van der Waals surface area contributed by atoms with Crippen molar-refractivity contribution >= 4 is 27.3 Å². The van der Waals surface area contributed by atoms with E-state index in [4.69, 9.17) is 14.1 Å². The number of nitrogens with zero attached hydrogens (tertiary/aromatic N) is 4. The SMILES string of the molecule is NS(=O)(=O)OC1[C@H]2O[C@@H](n3cnc4c(N[C@H]5CCc6ccccc65)ncnc43)C[C@@]12O. The molecule has 6 rings (SSSR count). The van der Waals surface area contributed by atoms with Crippen molar-refractivity contribution in [2.24, 2.45) is 5.14 Å². The number of aryl methyl sites for hydroxylation is 1. The van der Waals surface area contributed by atoms with Crippen LogP contribution in [0.1, 0.15) is 36.2 Å². The van der Waals surface area contributed by atoms with Crippen LogP contribution in [0.3, 0.4) is 0 Å². The second kappa shape index (κ2) is 6.43. The van der Waals surface area contributed by atoms with E-state index >= 15 is 0 Å². The van der Waals surface area contributed by atoms with Crippen molar-refractivity contribution in [2.45, 2.75) is 49.3 Å². The fraction of sp³-hybridized carbons (Fsp3) is 0.421. The van der Waals surface area contributed by atoms with Gasteiger partial charge in [-0.1, -0.05) is 24.3 Å². The number of ether oxygens (including phenoxy) is 1. The van der Waals surface area contributed by atoms with Crippen molar-refractivity contribution in [1.82, 2.24) is 19.5 Å². The maximum absolute atomic E-state index is 11.1. The molecule has 1 saturated carbocycles. The minimum Gasteiger partial charge on any atom is -0.384 e. The standard InChI is InChI=1S/C19H20N6O5S/c20-31(27,28)30-16-15-19(16,26)7-13(29-15)25-9-23-14-17(21-8-22-18(14)25)24-12-6-5-10-3-1-2-4-11(10)12/h1-4,8-9,12-13,15-16,26H,5-7H2,(H2,20,27,28)(H,21,22,24)/t12-,13+,15+,16?,19-/m0/s1. The number of rotatable bonds is 5. The van der Waals surface area contributed by atoms with Crippen molar-refractivity contribution in [1.29, 1.82) is 0 Å². The van der Waals surface area contributed by atoms with Crippen LogP contribution in [0.25, 0.3) is 11.2 Å². The summed E-state index contributed by atoms with van der Waals surface area (Å²) in [7, 11) is -4.17. The molecule has 2 fully saturated rings. The summed E-state index contributed by atoms with van der Waals surface area (Å²) in [6.07, 6.45) is 2.82. The van der Waals surface area contributed by atoms with E-state index in [1.54, 1.807) is 10.9 Å². The van der Waals surface area contributed by atoms with Gasteiger partial charge in [-0.25, -0.2) is 24.3 Å². The topological polar surface area (TPSA) is 154 Å². The van der Waals surface area contributed by atoms with Gasteiger partial charge in [-0.3, -0.25) is 4.57 Å². The first kappa shape index (κ1) is 19.1. The monoisotopic (exact) mass is 444 g/mol. The minimum absolute atomic E-state index is 0.131. The Kier molecular flexibility index (Phi) is 3.96. The van der Waals surface area contributed by atoms with E-state index in [0.717, 1.165) is 12.8 Å². The summed E-state index contributed by atoms with van der Waals surface area (Å²) in [5.74, 6) is 0.628. The van der Waals surface area contributed by atoms with Gasteiger partial charge in [0.05, 0.1) is 12.4 Å². The van der Waals surface area contributed by atoms with E-state index in [0.29, 0.717) is 17.0 Å². The number of hydrogen-bond acceptors (Lipinski definition) is 9. The molecule has 3 aromatic rings. The molecular formula is C19H20N6O5S. The number of benzene rings is 1. The third-order valence-electron chi connectivity index (χ3n) is 6.31. The Bertz CT molecular complexity index is 1300. The smallest absolute Gasteiger partial charge is 0.333 e. The van der Waals surface area contributed by atoms with Crippen molar-refractivity contribution < 1.29 is 22.4 Å². The number of nitrogens with two attached hydrogens (primary N) is 1. The van der Waals surface area contributed by atoms with E-state index in [2.05, 4.69) is 32.4 Å². The van der Waals surface area contributed by atoms with Crippen LogP contribution in [0.2, 0.25) is 0 Å². The van der Waals surface area contributed by atoms with E-state index in [1.165, 1.54) is 17.5 Å². The summed E-state index contributed by atoms with van der Waals surface area (Å²) in [4.78, 5) is 13.2. The summed E-state index contributed by atoms with van der Waals surface area (Å²) in [5.41, 5.74) is 2.34. The highest BCUT2D eigenvalue weighted by Gasteiger charge is 2.74. The van der Waals surface area contributed by atoms with Crippen LogP contribution in [0.4, 0.5) is 5.82 Å². The average molecular weight is 444 g/mol. The summed E-state index contributed by atoms with van der Waals surface area (Å²) in [5, 5.41) is 19.0. The molecule has 31 heavy (non-hydrogen) atoms. The van der Waals surface area contributed by atoms with E-state index < -0.39 is 34.3 Å². The summed E-state index contributed by atoms with van der Waals surface area (Å²) < 4.78 is 34.5. The highest BCUT2D eigenvalue weighted by Crippen LogP contribution is 2.55.